The Morgan fingerprint density at radius 2 is 2.12 bits per heavy atom. The molecule has 0 fully saturated rings. The lowest BCUT2D eigenvalue weighted by atomic mass is 10.2. The number of aromatic nitrogens is 5. The van der Waals surface area contributed by atoms with E-state index < -0.39 is 0 Å². The first-order valence-corrected chi connectivity index (χ1v) is 8.81. The molecule has 0 saturated heterocycles. The highest BCUT2D eigenvalue weighted by molar-refractivity contribution is 6.30. The zero-order chi connectivity index (χ0) is 18.7. The van der Waals surface area contributed by atoms with Gasteiger partial charge in [-0.25, -0.2) is 4.68 Å². The van der Waals surface area contributed by atoms with E-state index in [0.717, 1.165) is 29.1 Å². The van der Waals surface area contributed by atoms with E-state index in [0.29, 0.717) is 18.1 Å². The fourth-order valence-corrected chi connectivity index (χ4v) is 3.07. The van der Waals surface area contributed by atoms with Crippen molar-refractivity contribution in [1.29, 1.82) is 0 Å². The predicted octanol–water partition coefficient (Wildman–Crippen LogP) is 2.74. The first-order chi connectivity index (χ1) is 12.5. The molecule has 0 bridgehead atoms. The first-order valence-electron chi connectivity index (χ1n) is 8.43. The molecular formula is C18H21ClN6O. The predicted molar refractivity (Wildman–Crippen MR) is 99.1 cm³/mol. The number of hydrogen-bond acceptors (Lipinski definition) is 4. The molecule has 136 valence electrons. The maximum absolute atomic E-state index is 12.4. The Balaban J connectivity index is 1.64. The van der Waals surface area contributed by atoms with Crippen LogP contribution in [0.4, 0.5) is 0 Å². The fourth-order valence-electron chi connectivity index (χ4n) is 2.86. The minimum absolute atomic E-state index is 0.259. The first kappa shape index (κ1) is 18.1. The Hall–Kier alpha value is -2.67. The quantitative estimate of drug-likeness (QED) is 0.721. The summed E-state index contributed by atoms with van der Waals surface area (Å²) in [4.78, 5) is 12.4. The van der Waals surface area contributed by atoms with Gasteiger partial charge in [-0.05, 0) is 38.5 Å². The van der Waals surface area contributed by atoms with Crippen molar-refractivity contribution in [2.24, 2.45) is 0 Å². The van der Waals surface area contributed by atoms with Crippen LogP contribution in [0.1, 0.15) is 39.9 Å². The Bertz CT molecular complexity index is 930. The summed E-state index contributed by atoms with van der Waals surface area (Å²) in [6.07, 6.45) is 1.63. The highest BCUT2D eigenvalue weighted by Gasteiger charge is 2.14. The van der Waals surface area contributed by atoms with E-state index in [1.807, 2.05) is 49.7 Å². The van der Waals surface area contributed by atoms with E-state index in [1.54, 1.807) is 10.9 Å². The second-order valence-corrected chi connectivity index (χ2v) is 6.52. The maximum atomic E-state index is 12.4. The number of benzene rings is 1. The van der Waals surface area contributed by atoms with Gasteiger partial charge >= 0.3 is 0 Å². The van der Waals surface area contributed by atoms with Crippen molar-refractivity contribution < 1.29 is 4.79 Å². The Morgan fingerprint density at radius 1 is 1.31 bits per heavy atom. The molecule has 0 saturated carbocycles. The summed E-state index contributed by atoms with van der Waals surface area (Å²) in [7, 11) is 0. The third kappa shape index (κ3) is 3.94. The summed E-state index contributed by atoms with van der Waals surface area (Å²) >= 11 is 5.99. The van der Waals surface area contributed by atoms with Gasteiger partial charge in [0.05, 0.1) is 18.4 Å². The van der Waals surface area contributed by atoms with E-state index >= 15 is 0 Å². The van der Waals surface area contributed by atoms with Crippen molar-refractivity contribution >= 4 is 17.5 Å². The molecule has 0 spiro atoms. The SMILES string of the molecule is CCn1nc(C)c(CNC(=O)c2cn(Cc3cccc(Cl)c3)nn2)c1C. The van der Waals surface area contributed by atoms with Crippen molar-refractivity contribution in [3.05, 3.63) is 63.7 Å². The van der Waals surface area contributed by atoms with E-state index in [2.05, 4.69) is 20.7 Å². The number of amides is 1. The van der Waals surface area contributed by atoms with Crippen molar-refractivity contribution in [1.82, 2.24) is 30.1 Å². The van der Waals surface area contributed by atoms with Gasteiger partial charge in [0.25, 0.3) is 5.91 Å². The average Bonchev–Trinajstić information content (AvgIpc) is 3.18. The maximum Gasteiger partial charge on any atom is 0.273 e. The lowest BCUT2D eigenvalue weighted by Crippen LogP contribution is -2.23. The summed E-state index contributed by atoms with van der Waals surface area (Å²) in [6.45, 7) is 7.71. The van der Waals surface area contributed by atoms with Crippen LogP contribution in [0.5, 0.6) is 0 Å². The number of rotatable bonds is 6. The van der Waals surface area contributed by atoms with Gasteiger partial charge in [-0.15, -0.1) is 5.10 Å². The normalized spacial score (nSPS) is 10.9. The third-order valence-electron chi connectivity index (χ3n) is 4.26. The van der Waals surface area contributed by atoms with E-state index in [4.69, 9.17) is 11.6 Å². The minimum atomic E-state index is -0.259. The molecule has 3 aromatic rings. The van der Waals surface area contributed by atoms with Crippen LogP contribution in [0.25, 0.3) is 0 Å². The number of nitrogens with one attached hydrogen (secondary N) is 1. The summed E-state index contributed by atoms with van der Waals surface area (Å²) in [5, 5.41) is 16.0. The summed E-state index contributed by atoms with van der Waals surface area (Å²) in [5.41, 5.74) is 4.30. The molecule has 1 aromatic carbocycles. The molecule has 7 nitrogen and oxygen atoms in total. The molecule has 0 atom stereocenters. The van der Waals surface area contributed by atoms with E-state index in [1.165, 1.54) is 0 Å². The van der Waals surface area contributed by atoms with Crippen molar-refractivity contribution in [2.75, 3.05) is 0 Å². The summed E-state index contributed by atoms with van der Waals surface area (Å²) in [5.74, 6) is -0.259. The number of aryl methyl sites for hydroxylation is 2. The molecule has 0 aliphatic heterocycles. The standard InChI is InChI=1S/C18H21ClN6O/c1-4-25-13(3)16(12(2)22-25)9-20-18(26)17-11-24(23-21-17)10-14-6-5-7-15(19)8-14/h5-8,11H,4,9-10H2,1-3H3,(H,20,26). The topological polar surface area (TPSA) is 77.6 Å². The van der Waals surface area contributed by atoms with Gasteiger partial charge in [0.2, 0.25) is 0 Å². The van der Waals surface area contributed by atoms with Crippen LogP contribution in [-0.2, 0) is 19.6 Å². The number of hydrogen-bond donors (Lipinski definition) is 1. The molecule has 1 amide bonds. The molecule has 2 heterocycles. The molecule has 0 radical (unpaired) electrons. The van der Waals surface area contributed by atoms with Crippen LogP contribution < -0.4 is 5.32 Å². The second kappa shape index (κ2) is 7.70. The molecular weight excluding hydrogens is 352 g/mol. The lowest BCUT2D eigenvalue weighted by Gasteiger charge is -2.04. The molecule has 2 aromatic heterocycles. The molecule has 8 heteroatoms. The lowest BCUT2D eigenvalue weighted by molar-refractivity contribution is 0.0945. The van der Waals surface area contributed by atoms with Gasteiger partial charge < -0.3 is 5.32 Å². The number of nitrogens with zero attached hydrogens (tertiary/aromatic N) is 5. The number of halogens is 1. The van der Waals surface area contributed by atoms with Gasteiger partial charge in [-0.2, -0.15) is 5.10 Å². The zero-order valence-electron chi connectivity index (χ0n) is 15.0. The summed E-state index contributed by atoms with van der Waals surface area (Å²) < 4.78 is 3.55. The van der Waals surface area contributed by atoms with Gasteiger partial charge in [-0.1, -0.05) is 28.9 Å². The Morgan fingerprint density at radius 3 is 2.81 bits per heavy atom. The van der Waals surface area contributed by atoms with Crippen LogP contribution >= 0.6 is 11.6 Å². The molecule has 0 unspecified atom stereocenters. The van der Waals surface area contributed by atoms with Gasteiger partial charge in [0.15, 0.2) is 5.69 Å². The monoisotopic (exact) mass is 372 g/mol. The highest BCUT2D eigenvalue weighted by atomic mass is 35.5. The molecule has 1 N–H and O–H groups in total. The number of carbonyl (C=O) groups is 1. The van der Waals surface area contributed by atoms with E-state index in [-0.39, 0.29) is 11.6 Å². The van der Waals surface area contributed by atoms with Gasteiger partial charge in [0.1, 0.15) is 0 Å². The van der Waals surface area contributed by atoms with Crippen LogP contribution in [0, 0.1) is 13.8 Å². The van der Waals surface area contributed by atoms with Gasteiger partial charge in [-0.3, -0.25) is 9.48 Å². The summed E-state index contributed by atoms with van der Waals surface area (Å²) in [6, 6.07) is 7.50. The minimum Gasteiger partial charge on any atom is -0.346 e. The van der Waals surface area contributed by atoms with Crippen molar-refractivity contribution in [2.45, 2.75) is 40.4 Å². The molecule has 0 aliphatic rings. The highest BCUT2D eigenvalue weighted by Crippen LogP contribution is 2.13. The Labute approximate surface area is 157 Å². The third-order valence-corrected chi connectivity index (χ3v) is 4.50. The van der Waals surface area contributed by atoms with Crippen LogP contribution in [-0.4, -0.2) is 30.7 Å². The molecule has 0 aliphatic carbocycles. The second-order valence-electron chi connectivity index (χ2n) is 6.08. The Kier molecular flexibility index (Phi) is 5.37. The van der Waals surface area contributed by atoms with Crippen LogP contribution in [0.3, 0.4) is 0 Å². The molecule has 3 rings (SSSR count). The fraction of sp³-hybridized carbons (Fsp3) is 0.333. The molecule has 26 heavy (non-hydrogen) atoms. The van der Waals surface area contributed by atoms with Gasteiger partial charge in [0, 0.05) is 29.4 Å². The van der Waals surface area contributed by atoms with Crippen LogP contribution in [0.15, 0.2) is 30.5 Å². The zero-order valence-corrected chi connectivity index (χ0v) is 15.8. The van der Waals surface area contributed by atoms with E-state index in [9.17, 15) is 4.79 Å². The smallest absolute Gasteiger partial charge is 0.273 e. The van der Waals surface area contributed by atoms with Crippen molar-refractivity contribution in [3.63, 3.8) is 0 Å². The number of carbonyl (C=O) groups excluding carboxylic acids is 1. The average molecular weight is 373 g/mol. The van der Waals surface area contributed by atoms with Crippen LogP contribution in [0.2, 0.25) is 5.02 Å². The largest absolute Gasteiger partial charge is 0.346 e. The van der Waals surface area contributed by atoms with Crippen molar-refractivity contribution in [3.8, 4) is 0 Å².